The minimum Gasteiger partial charge on any atom is -0.467 e. The number of rotatable bonds is 7. The van der Waals surface area contributed by atoms with Gasteiger partial charge in [-0.05, 0) is 25.5 Å². The lowest BCUT2D eigenvalue weighted by Crippen LogP contribution is -2.41. The molecule has 0 radical (unpaired) electrons. The third-order valence-electron chi connectivity index (χ3n) is 3.70. The van der Waals surface area contributed by atoms with E-state index in [1.165, 1.54) is 12.7 Å². The van der Waals surface area contributed by atoms with Gasteiger partial charge in [-0.2, -0.15) is 0 Å². The van der Waals surface area contributed by atoms with Gasteiger partial charge in [0.25, 0.3) is 5.91 Å². The second-order valence-corrected chi connectivity index (χ2v) is 5.04. The number of hydrogen-bond donors (Lipinski definition) is 2. The van der Waals surface area contributed by atoms with Crippen molar-refractivity contribution in [2.24, 2.45) is 5.73 Å². The van der Waals surface area contributed by atoms with E-state index < -0.39 is 0 Å². The Morgan fingerprint density at radius 1 is 1.65 bits per heavy atom. The molecule has 0 spiro atoms. The predicted molar refractivity (Wildman–Crippen MR) is 75.4 cm³/mol. The molecule has 1 fully saturated rings. The second-order valence-electron chi connectivity index (χ2n) is 5.04. The Labute approximate surface area is 119 Å². The molecule has 1 aromatic rings. The number of carbonyl (C=O) groups excluding carboxylic acids is 1. The van der Waals surface area contributed by atoms with Gasteiger partial charge in [0, 0.05) is 26.2 Å². The van der Waals surface area contributed by atoms with E-state index in [2.05, 4.69) is 10.2 Å². The number of likely N-dealkylation sites (tertiary alicyclic amines) is 1. The van der Waals surface area contributed by atoms with Crippen molar-refractivity contribution < 1.29 is 13.9 Å². The molecule has 0 aliphatic carbocycles. The van der Waals surface area contributed by atoms with Crippen molar-refractivity contribution in [2.45, 2.75) is 25.4 Å². The minimum atomic E-state index is -0.105. The van der Waals surface area contributed by atoms with Crippen LogP contribution < -0.4 is 11.1 Å². The molecule has 1 aliphatic heterocycles. The summed E-state index contributed by atoms with van der Waals surface area (Å²) in [5, 5.41) is 2.96. The Kier molecular flexibility index (Phi) is 5.58. The number of ether oxygens (including phenoxy) is 1. The van der Waals surface area contributed by atoms with Crippen LogP contribution in [0.15, 0.2) is 16.7 Å². The highest BCUT2D eigenvalue weighted by molar-refractivity contribution is 5.93. The smallest absolute Gasteiger partial charge is 0.254 e. The summed E-state index contributed by atoms with van der Waals surface area (Å²) >= 11 is 0. The molecular formula is C14H23N3O3. The number of nitrogens with zero attached hydrogens (tertiary/aromatic N) is 1. The maximum Gasteiger partial charge on any atom is 0.254 e. The van der Waals surface area contributed by atoms with E-state index in [1.807, 2.05) is 0 Å². The Bertz CT molecular complexity index is 433. The summed E-state index contributed by atoms with van der Waals surface area (Å²) in [5.41, 5.74) is 5.99. The van der Waals surface area contributed by atoms with Gasteiger partial charge in [-0.1, -0.05) is 0 Å². The van der Waals surface area contributed by atoms with Gasteiger partial charge in [-0.15, -0.1) is 0 Å². The van der Waals surface area contributed by atoms with E-state index in [-0.39, 0.29) is 5.91 Å². The fourth-order valence-corrected chi connectivity index (χ4v) is 2.55. The van der Waals surface area contributed by atoms with Crippen molar-refractivity contribution in [3.8, 4) is 0 Å². The average Bonchev–Trinajstić information content (AvgIpc) is 3.11. The molecule has 0 aromatic carbocycles. The largest absolute Gasteiger partial charge is 0.467 e. The summed E-state index contributed by atoms with van der Waals surface area (Å²) in [6, 6.07) is 2.09. The van der Waals surface area contributed by atoms with Gasteiger partial charge < -0.3 is 20.2 Å². The van der Waals surface area contributed by atoms with Crippen molar-refractivity contribution in [3.63, 3.8) is 0 Å². The number of hydrogen-bond acceptors (Lipinski definition) is 5. The first-order chi connectivity index (χ1) is 9.74. The zero-order chi connectivity index (χ0) is 14.4. The fraction of sp³-hybridized carbons (Fsp3) is 0.643. The molecule has 1 aromatic heterocycles. The SMILES string of the molecule is COCCN1CCCC1CNC(=O)c1coc(CN)c1. The zero-order valence-corrected chi connectivity index (χ0v) is 11.9. The highest BCUT2D eigenvalue weighted by Gasteiger charge is 2.24. The van der Waals surface area contributed by atoms with Crippen LogP contribution >= 0.6 is 0 Å². The first-order valence-corrected chi connectivity index (χ1v) is 7.03. The summed E-state index contributed by atoms with van der Waals surface area (Å²) in [4.78, 5) is 14.4. The Morgan fingerprint density at radius 3 is 3.20 bits per heavy atom. The number of nitrogens with two attached hydrogens (primary N) is 1. The van der Waals surface area contributed by atoms with Crippen LogP contribution in [0, 0.1) is 0 Å². The number of methoxy groups -OCH3 is 1. The Hall–Kier alpha value is -1.37. The summed E-state index contributed by atoms with van der Waals surface area (Å²) in [6.07, 6.45) is 3.74. The average molecular weight is 281 g/mol. The zero-order valence-electron chi connectivity index (χ0n) is 11.9. The predicted octanol–water partition coefficient (Wildman–Crippen LogP) is 0.579. The standard InChI is InChI=1S/C14H23N3O3/c1-19-6-5-17-4-2-3-12(17)9-16-14(18)11-7-13(8-15)20-10-11/h7,10,12H,2-6,8-9,15H2,1H3,(H,16,18). The maximum absolute atomic E-state index is 12.0. The Morgan fingerprint density at radius 2 is 2.50 bits per heavy atom. The van der Waals surface area contributed by atoms with Gasteiger partial charge in [0.05, 0.1) is 18.7 Å². The van der Waals surface area contributed by atoms with Crippen molar-refractivity contribution >= 4 is 5.91 Å². The first-order valence-electron chi connectivity index (χ1n) is 7.03. The number of furan rings is 1. The quantitative estimate of drug-likeness (QED) is 0.764. The van der Waals surface area contributed by atoms with E-state index in [4.69, 9.17) is 14.9 Å². The molecule has 1 aliphatic rings. The molecule has 1 atom stereocenters. The van der Waals surface area contributed by atoms with E-state index in [0.29, 0.717) is 30.5 Å². The molecule has 3 N–H and O–H groups in total. The van der Waals surface area contributed by atoms with Crippen LogP contribution in [0.3, 0.4) is 0 Å². The van der Waals surface area contributed by atoms with Crippen LogP contribution in [-0.2, 0) is 11.3 Å². The summed E-state index contributed by atoms with van der Waals surface area (Å²) in [6.45, 7) is 3.69. The molecular weight excluding hydrogens is 258 g/mol. The van der Waals surface area contributed by atoms with Crippen molar-refractivity contribution in [3.05, 3.63) is 23.7 Å². The lowest BCUT2D eigenvalue weighted by atomic mass is 10.2. The number of amides is 1. The third-order valence-corrected chi connectivity index (χ3v) is 3.70. The monoisotopic (exact) mass is 281 g/mol. The van der Waals surface area contributed by atoms with E-state index in [0.717, 1.165) is 26.1 Å². The van der Waals surface area contributed by atoms with Gasteiger partial charge in [0.1, 0.15) is 12.0 Å². The van der Waals surface area contributed by atoms with Crippen molar-refractivity contribution in [2.75, 3.05) is 33.4 Å². The van der Waals surface area contributed by atoms with Gasteiger partial charge in [-0.3, -0.25) is 9.69 Å². The van der Waals surface area contributed by atoms with Crippen LogP contribution in [0.4, 0.5) is 0 Å². The molecule has 0 bridgehead atoms. The minimum absolute atomic E-state index is 0.105. The lowest BCUT2D eigenvalue weighted by Gasteiger charge is -2.24. The molecule has 0 saturated carbocycles. The van der Waals surface area contributed by atoms with Crippen LogP contribution in [-0.4, -0.2) is 50.2 Å². The topological polar surface area (TPSA) is 80.7 Å². The normalized spacial score (nSPS) is 19.4. The van der Waals surface area contributed by atoms with E-state index in [1.54, 1.807) is 13.2 Å². The van der Waals surface area contributed by atoms with Crippen LogP contribution in [0.1, 0.15) is 29.0 Å². The summed E-state index contributed by atoms with van der Waals surface area (Å²) in [7, 11) is 1.71. The Balaban J connectivity index is 1.80. The molecule has 2 heterocycles. The lowest BCUT2D eigenvalue weighted by molar-refractivity contribution is 0.0932. The van der Waals surface area contributed by atoms with Gasteiger partial charge >= 0.3 is 0 Å². The molecule has 112 valence electrons. The van der Waals surface area contributed by atoms with Crippen LogP contribution in [0.2, 0.25) is 0 Å². The molecule has 6 nitrogen and oxygen atoms in total. The molecule has 1 saturated heterocycles. The molecule has 1 amide bonds. The number of carbonyl (C=O) groups is 1. The summed E-state index contributed by atoms with van der Waals surface area (Å²) in [5.74, 6) is 0.518. The van der Waals surface area contributed by atoms with E-state index >= 15 is 0 Å². The maximum atomic E-state index is 12.0. The highest BCUT2D eigenvalue weighted by Crippen LogP contribution is 2.16. The molecule has 20 heavy (non-hydrogen) atoms. The van der Waals surface area contributed by atoms with E-state index in [9.17, 15) is 4.79 Å². The first kappa shape index (κ1) is 15.0. The fourth-order valence-electron chi connectivity index (χ4n) is 2.55. The number of nitrogens with one attached hydrogen (secondary N) is 1. The molecule has 1 unspecified atom stereocenters. The van der Waals surface area contributed by atoms with Gasteiger partial charge in [-0.25, -0.2) is 0 Å². The summed E-state index contributed by atoms with van der Waals surface area (Å²) < 4.78 is 10.3. The van der Waals surface area contributed by atoms with Gasteiger partial charge in [0.15, 0.2) is 0 Å². The second kappa shape index (κ2) is 7.42. The third kappa shape index (κ3) is 3.82. The molecule has 2 rings (SSSR count). The highest BCUT2D eigenvalue weighted by atomic mass is 16.5. The van der Waals surface area contributed by atoms with Crippen molar-refractivity contribution in [1.29, 1.82) is 0 Å². The molecule has 6 heteroatoms. The van der Waals surface area contributed by atoms with Crippen LogP contribution in [0.5, 0.6) is 0 Å². The van der Waals surface area contributed by atoms with Crippen molar-refractivity contribution in [1.82, 2.24) is 10.2 Å². The van der Waals surface area contributed by atoms with Crippen LogP contribution in [0.25, 0.3) is 0 Å². The van der Waals surface area contributed by atoms with Gasteiger partial charge in [0.2, 0.25) is 0 Å².